The molecule has 0 unspecified atom stereocenters. The summed E-state index contributed by atoms with van der Waals surface area (Å²) < 4.78 is 4.11. The number of methoxy groups -OCH3 is 1. The van der Waals surface area contributed by atoms with E-state index in [-0.39, 0.29) is 19.2 Å². The van der Waals surface area contributed by atoms with Crippen LogP contribution in [0.4, 0.5) is 0 Å². The number of carbonyl (C=O) groups is 1. The Morgan fingerprint density at radius 2 is 1.59 bits per heavy atom. The first-order valence-electron chi connectivity index (χ1n) is 7.45. The second-order valence-corrected chi connectivity index (χ2v) is 4.10. The predicted molar refractivity (Wildman–Crippen MR) is 89.1 cm³/mol. The molecule has 2 N–H and O–H groups in total. The molecule has 0 aliphatic rings. The number of esters is 1. The van der Waals surface area contributed by atoms with Crippen molar-refractivity contribution in [1.82, 2.24) is 0 Å². The van der Waals surface area contributed by atoms with Crippen LogP contribution in [-0.2, 0) is 22.7 Å². The molecule has 0 radical (unpaired) electrons. The summed E-state index contributed by atoms with van der Waals surface area (Å²) in [6.45, 7) is 7.41. The van der Waals surface area contributed by atoms with Crippen molar-refractivity contribution in [3.05, 3.63) is 34.9 Å². The molecule has 0 bridgehead atoms. The summed E-state index contributed by atoms with van der Waals surface area (Å²) >= 11 is 0. The van der Waals surface area contributed by atoms with Gasteiger partial charge in [-0.2, -0.15) is 0 Å². The molecule has 22 heavy (non-hydrogen) atoms. The summed E-state index contributed by atoms with van der Waals surface area (Å²) in [5, 5.41) is 18.0. The van der Waals surface area contributed by atoms with Crippen molar-refractivity contribution in [1.29, 1.82) is 0 Å². The largest absolute Gasteiger partial charge is 0.469 e. The molecular weight excluding hydrogens is 280 g/mol. The van der Waals surface area contributed by atoms with E-state index in [0.717, 1.165) is 29.5 Å². The summed E-state index contributed by atoms with van der Waals surface area (Å²) in [4.78, 5) is 9.59. The van der Waals surface area contributed by atoms with Gasteiger partial charge in [0, 0.05) is 18.9 Å². The van der Waals surface area contributed by atoms with Crippen molar-refractivity contribution in [3.8, 4) is 11.8 Å². The van der Waals surface area contributed by atoms with Crippen molar-refractivity contribution in [3.63, 3.8) is 0 Å². The van der Waals surface area contributed by atoms with E-state index in [0.29, 0.717) is 0 Å². The second-order valence-electron chi connectivity index (χ2n) is 4.10. The van der Waals surface area contributed by atoms with Crippen LogP contribution in [0, 0.1) is 11.8 Å². The van der Waals surface area contributed by atoms with Gasteiger partial charge in [-0.1, -0.05) is 38.7 Å². The third-order valence-corrected chi connectivity index (χ3v) is 2.31. The van der Waals surface area contributed by atoms with Crippen LogP contribution in [0.25, 0.3) is 0 Å². The molecular formula is C18H28O4. The van der Waals surface area contributed by atoms with E-state index in [1.54, 1.807) is 6.07 Å². The number of rotatable bonds is 3. The van der Waals surface area contributed by atoms with E-state index in [1.807, 2.05) is 26.0 Å². The van der Waals surface area contributed by atoms with Crippen LogP contribution in [-0.4, -0.2) is 23.3 Å². The lowest BCUT2D eigenvalue weighted by atomic mass is 10.1. The molecule has 0 aliphatic carbocycles. The Hall–Kier alpha value is -1.83. The molecule has 0 amide bonds. The smallest absolute Gasteiger partial charge is 0.302 e. The maximum atomic E-state index is 9.59. The molecule has 0 fully saturated rings. The van der Waals surface area contributed by atoms with E-state index in [2.05, 4.69) is 23.5 Å². The number of aliphatic hydroxyl groups excluding tert-OH is 2. The number of hydrogen-bond donors (Lipinski definition) is 2. The van der Waals surface area contributed by atoms with Crippen LogP contribution in [0.3, 0.4) is 0 Å². The van der Waals surface area contributed by atoms with Crippen LogP contribution in [0.15, 0.2) is 18.2 Å². The summed E-state index contributed by atoms with van der Waals surface area (Å²) in [5.41, 5.74) is 2.45. The Labute approximate surface area is 134 Å². The van der Waals surface area contributed by atoms with Gasteiger partial charge in [-0.15, -0.1) is 0 Å². The van der Waals surface area contributed by atoms with Crippen LogP contribution in [0.1, 0.15) is 57.2 Å². The minimum Gasteiger partial charge on any atom is -0.469 e. The van der Waals surface area contributed by atoms with Crippen molar-refractivity contribution in [2.45, 2.75) is 53.8 Å². The van der Waals surface area contributed by atoms with E-state index in [9.17, 15) is 4.79 Å². The van der Waals surface area contributed by atoms with Gasteiger partial charge in [-0.3, -0.25) is 4.79 Å². The van der Waals surface area contributed by atoms with Crippen molar-refractivity contribution >= 4 is 5.97 Å². The average molecular weight is 308 g/mol. The molecule has 0 heterocycles. The fraction of sp³-hybridized carbons (Fsp3) is 0.500. The fourth-order valence-corrected chi connectivity index (χ4v) is 1.31. The van der Waals surface area contributed by atoms with Gasteiger partial charge in [-0.05, 0) is 29.7 Å². The second kappa shape index (κ2) is 15.6. The van der Waals surface area contributed by atoms with E-state index < -0.39 is 0 Å². The highest BCUT2D eigenvalue weighted by Crippen LogP contribution is 2.10. The zero-order valence-corrected chi connectivity index (χ0v) is 14.3. The molecule has 0 aliphatic heterocycles. The first kappa shape index (κ1) is 22.5. The SMILES string of the molecule is CC.CCCC#Cc1cc(CO)cc(CO)c1.COC(C)=O. The standard InChI is InChI=1S/C13H16O2.C3H6O2.C2H6/c1-2-3-4-5-11-6-12(9-14)8-13(7-11)10-15;1-3(4)5-2;1-2/h6-8,14-15H,2-3,9-10H2,1H3;1-2H3;1-2H3. The summed E-state index contributed by atoms with van der Waals surface area (Å²) in [5.74, 6) is 5.82. The Morgan fingerprint density at radius 1 is 1.14 bits per heavy atom. The quantitative estimate of drug-likeness (QED) is 0.665. The van der Waals surface area contributed by atoms with Crippen molar-refractivity contribution in [2.24, 2.45) is 0 Å². The normalized spacial score (nSPS) is 8.32. The Kier molecular flexibility index (Phi) is 15.9. The number of ether oxygens (including phenoxy) is 1. The van der Waals surface area contributed by atoms with Gasteiger partial charge in [0.25, 0.3) is 0 Å². The Balaban J connectivity index is 0. The van der Waals surface area contributed by atoms with Crippen molar-refractivity contribution < 1.29 is 19.7 Å². The summed E-state index contributed by atoms with van der Waals surface area (Å²) in [6.07, 6.45) is 1.91. The molecule has 4 heteroatoms. The first-order chi connectivity index (χ1) is 10.6. The van der Waals surface area contributed by atoms with Crippen LogP contribution < -0.4 is 0 Å². The van der Waals surface area contributed by atoms with Crippen LogP contribution in [0.5, 0.6) is 0 Å². The Morgan fingerprint density at radius 3 is 1.91 bits per heavy atom. The third-order valence-electron chi connectivity index (χ3n) is 2.31. The Bertz CT molecular complexity index is 447. The highest BCUT2D eigenvalue weighted by Gasteiger charge is 1.97. The van der Waals surface area contributed by atoms with Gasteiger partial charge in [0.15, 0.2) is 0 Å². The maximum Gasteiger partial charge on any atom is 0.302 e. The summed E-state index contributed by atoms with van der Waals surface area (Å²) in [7, 11) is 1.35. The summed E-state index contributed by atoms with van der Waals surface area (Å²) in [6, 6.07) is 5.48. The molecule has 0 spiro atoms. The molecule has 1 aromatic rings. The predicted octanol–water partition coefficient (Wildman–Crippen LogP) is 3.03. The minimum absolute atomic E-state index is 0.0176. The zero-order valence-electron chi connectivity index (χ0n) is 14.3. The molecule has 0 saturated carbocycles. The lowest BCUT2D eigenvalue weighted by Crippen LogP contribution is -1.91. The zero-order chi connectivity index (χ0) is 17.4. The number of aliphatic hydroxyl groups is 2. The minimum atomic E-state index is -0.245. The highest BCUT2D eigenvalue weighted by molar-refractivity contribution is 5.65. The van der Waals surface area contributed by atoms with Gasteiger partial charge >= 0.3 is 5.97 Å². The van der Waals surface area contributed by atoms with Gasteiger partial charge in [0.05, 0.1) is 20.3 Å². The van der Waals surface area contributed by atoms with Crippen LogP contribution >= 0.6 is 0 Å². The first-order valence-corrected chi connectivity index (χ1v) is 7.45. The van der Waals surface area contributed by atoms with E-state index in [1.165, 1.54) is 14.0 Å². The molecule has 1 aromatic carbocycles. The topological polar surface area (TPSA) is 66.8 Å². The van der Waals surface area contributed by atoms with Gasteiger partial charge in [-0.25, -0.2) is 0 Å². The molecule has 0 aromatic heterocycles. The van der Waals surface area contributed by atoms with Crippen LogP contribution in [0.2, 0.25) is 0 Å². The van der Waals surface area contributed by atoms with Gasteiger partial charge in [0.2, 0.25) is 0 Å². The highest BCUT2D eigenvalue weighted by atomic mass is 16.5. The van der Waals surface area contributed by atoms with Gasteiger partial charge < -0.3 is 14.9 Å². The molecule has 0 saturated heterocycles. The van der Waals surface area contributed by atoms with E-state index in [4.69, 9.17) is 10.2 Å². The number of benzene rings is 1. The maximum absolute atomic E-state index is 9.59. The number of hydrogen-bond acceptors (Lipinski definition) is 4. The van der Waals surface area contributed by atoms with E-state index >= 15 is 0 Å². The lowest BCUT2D eigenvalue weighted by Gasteiger charge is -2.01. The number of carbonyl (C=O) groups excluding carboxylic acids is 1. The average Bonchev–Trinajstić information content (AvgIpc) is 2.57. The third kappa shape index (κ3) is 12.0. The molecule has 124 valence electrons. The number of unbranched alkanes of at least 4 members (excludes halogenated alkanes) is 1. The van der Waals surface area contributed by atoms with Crippen molar-refractivity contribution in [2.75, 3.05) is 7.11 Å². The molecule has 4 nitrogen and oxygen atoms in total. The molecule has 1 rings (SSSR count). The van der Waals surface area contributed by atoms with Gasteiger partial charge in [0.1, 0.15) is 0 Å². The molecule has 0 atom stereocenters. The monoisotopic (exact) mass is 308 g/mol. The lowest BCUT2D eigenvalue weighted by molar-refractivity contribution is -0.137. The fourth-order valence-electron chi connectivity index (χ4n) is 1.31.